The number of benzene rings is 3. The van der Waals surface area contributed by atoms with Crippen molar-refractivity contribution in [2.24, 2.45) is 0 Å². The summed E-state index contributed by atoms with van der Waals surface area (Å²) in [7, 11) is 0. The van der Waals surface area contributed by atoms with Crippen LogP contribution in [0.2, 0.25) is 0 Å². The van der Waals surface area contributed by atoms with Gasteiger partial charge in [0.05, 0.1) is 5.56 Å². The maximum Gasteiger partial charge on any atom is 0.227 e. The normalized spacial score (nSPS) is 10.7. The van der Waals surface area contributed by atoms with Gasteiger partial charge in [-0.05, 0) is 42.3 Å². The molecule has 3 aromatic carbocycles. The van der Waals surface area contributed by atoms with Crippen molar-refractivity contribution in [3.8, 4) is 5.75 Å². The van der Waals surface area contributed by atoms with Gasteiger partial charge in [-0.3, -0.25) is 4.79 Å². The van der Waals surface area contributed by atoms with Crippen LogP contribution in [0.15, 0.2) is 65.6 Å². The number of carbonyl (C=O) groups excluding carboxylic acids is 1. The number of hydrogen-bond donors (Lipinski definition) is 1. The second kappa shape index (κ2) is 5.62. The van der Waals surface area contributed by atoms with Gasteiger partial charge in [0, 0.05) is 10.3 Å². The molecule has 0 bridgehead atoms. The highest BCUT2D eigenvalue weighted by Crippen LogP contribution is 2.33. The molecule has 0 heterocycles. The topological polar surface area (TPSA) is 37.3 Å². The van der Waals surface area contributed by atoms with Crippen molar-refractivity contribution in [3.63, 3.8) is 0 Å². The molecular weight excluding hydrogens is 280 g/mol. The molecule has 0 amide bonds. The first kappa shape index (κ1) is 13.7. The average molecular weight is 294 g/mol. The van der Waals surface area contributed by atoms with Crippen LogP contribution in [0.4, 0.5) is 0 Å². The van der Waals surface area contributed by atoms with Gasteiger partial charge in [0.15, 0.2) is 0 Å². The van der Waals surface area contributed by atoms with Crippen LogP contribution in [-0.2, 0) is 0 Å². The number of fused-ring (bicyclic) bond motifs is 1. The molecule has 0 unspecified atom stereocenters. The van der Waals surface area contributed by atoms with Gasteiger partial charge in [0.2, 0.25) is 5.12 Å². The molecule has 0 saturated heterocycles. The molecule has 2 nitrogen and oxygen atoms in total. The van der Waals surface area contributed by atoms with Gasteiger partial charge in [-0.1, -0.05) is 48.0 Å². The fraction of sp³-hybridized carbons (Fsp3) is 0.0556. The molecule has 0 fully saturated rings. The van der Waals surface area contributed by atoms with E-state index in [0.717, 1.165) is 27.6 Å². The summed E-state index contributed by atoms with van der Waals surface area (Å²) < 4.78 is 0. The van der Waals surface area contributed by atoms with Gasteiger partial charge in [-0.15, -0.1) is 0 Å². The molecule has 0 aliphatic rings. The molecule has 0 radical (unpaired) electrons. The molecule has 3 aromatic rings. The molecule has 104 valence electrons. The zero-order chi connectivity index (χ0) is 14.8. The van der Waals surface area contributed by atoms with E-state index in [1.54, 1.807) is 6.07 Å². The van der Waals surface area contributed by atoms with Gasteiger partial charge >= 0.3 is 0 Å². The van der Waals surface area contributed by atoms with E-state index in [4.69, 9.17) is 0 Å². The Morgan fingerprint density at radius 3 is 2.43 bits per heavy atom. The lowest BCUT2D eigenvalue weighted by Gasteiger charge is -2.07. The quantitative estimate of drug-likeness (QED) is 0.691. The van der Waals surface area contributed by atoms with Crippen molar-refractivity contribution >= 4 is 27.6 Å². The first-order chi connectivity index (χ1) is 10.1. The second-order valence-corrected chi connectivity index (χ2v) is 5.93. The lowest BCUT2D eigenvalue weighted by atomic mass is 10.1. The Labute approximate surface area is 127 Å². The zero-order valence-electron chi connectivity index (χ0n) is 11.5. The van der Waals surface area contributed by atoms with E-state index >= 15 is 0 Å². The third-order valence-electron chi connectivity index (χ3n) is 3.35. The van der Waals surface area contributed by atoms with Crippen LogP contribution in [0, 0.1) is 6.92 Å². The predicted octanol–water partition coefficient (Wildman–Crippen LogP) is 4.79. The summed E-state index contributed by atoms with van der Waals surface area (Å²) in [6, 6.07) is 18.8. The first-order valence-corrected chi connectivity index (χ1v) is 7.46. The summed E-state index contributed by atoms with van der Waals surface area (Å²) in [5.41, 5.74) is 1.50. The van der Waals surface area contributed by atoms with E-state index in [1.807, 2.05) is 61.5 Å². The standard InChI is InChI=1S/C18H14O2S/c1-12-6-9-14(10-7-12)21-18(20)16-11-8-13-4-2-3-5-15(13)17(16)19/h2-11,19H,1H3. The highest BCUT2D eigenvalue weighted by molar-refractivity contribution is 8.14. The van der Waals surface area contributed by atoms with E-state index in [2.05, 4.69) is 0 Å². The van der Waals surface area contributed by atoms with Crippen LogP contribution in [0.1, 0.15) is 15.9 Å². The second-order valence-electron chi connectivity index (χ2n) is 4.89. The highest BCUT2D eigenvalue weighted by Gasteiger charge is 2.15. The summed E-state index contributed by atoms with van der Waals surface area (Å²) >= 11 is 1.13. The fourth-order valence-electron chi connectivity index (χ4n) is 2.19. The largest absolute Gasteiger partial charge is 0.507 e. The summed E-state index contributed by atoms with van der Waals surface area (Å²) in [5.74, 6) is 0.0534. The van der Waals surface area contributed by atoms with E-state index in [-0.39, 0.29) is 10.9 Å². The van der Waals surface area contributed by atoms with Crippen molar-refractivity contribution in [1.82, 2.24) is 0 Å². The first-order valence-electron chi connectivity index (χ1n) is 6.65. The number of phenolic OH excluding ortho intramolecular Hbond substituents is 1. The molecule has 3 heteroatoms. The van der Waals surface area contributed by atoms with Crippen molar-refractivity contribution in [2.75, 3.05) is 0 Å². The lowest BCUT2D eigenvalue weighted by molar-refractivity contribution is 0.108. The Kier molecular flexibility index (Phi) is 3.67. The van der Waals surface area contributed by atoms with Crippen LogP contribution in [0.25, 0.3) is 10.8 Å². The number of phenols is 1. The smallest absolute Gasteiger partial charge is 0.227 e. The average Bonchev–Trinajstić information content (AvgIpc) is 2.50. The SMILES string of the molecule is Cc1ccc(SC(=O)c2ccc3ccccc3c2O)cc1. The molecule has 0 aliphatic carbocycles. The van der Waals surface area contributed by atoms with E-state index in [0.29, 0.717) is 10.9 Å². The van der Waals surface area contributed by atoms with Crippen LogP contribution < -0.4 is 0 Å². The Bertz CT molecular complexity index is 807. The number of aromatic hydroxyl groups is 1. The summed E-state index contributed by atoms with van der Waals surface area (Å²) in [6.45, 7) is 2.01. The lowest BCUT2D eigenvalue weighted by Crippen LogP contribution is -1.94. The van der Waals surface area contributed by atoms with Crippen LogP contribution >= 0.6 is 11.8 Å². The predicted molar refractivity (Wildman–Crippen MR) is 87.0 cm³/mol. The van der Waals surface area contributed by atoms with Gasteiger partial charge < -0.3 is 5.11 Å². The van der Waals surface area contributed by atoms with Crippen molar-refractivity contribution in [1.29, 1.82) is 0 Å². The Hall–Kier alpha value is -2.26. The third kappa shape index (κ3) is 2.78. The monoisotopic (exact) mass is 294 g/mol. The van der Waals surface area contributed by atoms with E-state index < -0.39 is 0 Å². The maximum absolute atomic E-state index is 12.4. The van der Waals surface area contributed by atoms with Crippen molar-refractivity contribution < 1.29 is 9.90 Å². The van der Waals surface area contributed by atoms with Crippen LogP contribution in [-0.4, -0.2) is 10.2 Å². The molecule has 3 rings (SSSR count). The third-order valence-corrected chi connectivity index (χ3v) is 4.27. The van der Waals surface area contributed by atoms with E-state index in [9.17, 15) is 9.90 Å². The zero-order valence-corrected chi connectivity index (χ0v) is 12.4. The Morgan fingerprint density at radius 2 is 1.67 bits per heavy atom. The van der Waals surface area contributed by atoms with Gasteiger partial charge in [0.1, 0.15) is 5.75 Å². The summed E-state index contributed by atoms with van der Waals surface area (Å²) in [4.78, 5) is 13.2. The molecule has 0 aromatic heterocycles. The molecule has 0 saturated carbocycles. The maximum atomic E-state index is 12.4. The van der Waals surface area contributed by atoms with Crippen LogP contribution in [0.3, 0.4) is 0 Å². The van der Waals surface area contributed by atoms with Crippen molar-refractivity contribution in [2.45, 2.75) is 11.8 Å². The van der Waals surface area contributed by atoms with Crippen LogP contribution in [0.5, 0.6) is 5.75 Å². The Morgan fingerprint density at radius 1 is 0.952 bits per heavy atom. The molecule has 0 atom stereocenters. The number of thioether (sulfide) groups is 1. The van der Waals surface area contributed by atoms with Gasteiger partial charge in [0.25, 0.3) is 0 Å². The molecule has 0 spiro atoms. The molecule has 0 aliphatic heterocycles. The highest BCUT2D eigenvalue weighted by atomic mass is 32.2. The van der Waals surface area contributed by atoms with E-state index in [1.165, 1.54) is 0 Å². The van der Waals surface area contributed by atoms with Gasteiger partial charge in [-0.2, -0.15) is 0 Å². The molecule has 1 N–H and O–H groups in total. The van der Waals surface area contributed by atoms with Crippen molar-refractivity contribution in [3.05, 3.63) is 71.8 Å². The van der Waals surface area contributed by atoms with Gasteiger partial charge in [-0.25, -0.2) is 0 Å². The summed E-state index contributed by atoms with van der Waals surface area (Å²) in [6.07, 6.45) is 0. The minimum atomic E-state index is -0.151. The molecule has 21 heavy (non-hydrogen) atoms. The number of carbonyl (C=O) groups is 1. The molecular formula is C18H14O2S. The number of aryl methyl sites for hydroxylation is 1. The Balaban J connectivity index is 1.94. The number of hydrogen-bond acceptors (Lipinski definition) is 3. The summed E-state index contributed by atoms with van der Waals surface area (Å²) in [5, 5.41) is 11.8. The fourth-order valence-corrected chi connectivity index (χ4v) is 2.95. The minimum Gasteiger partial charge on any atom is -0.507 e. The minimum absolute atomic E-state index is 0.0534. The number of rotatable bonds is 2.